The number of aromatic nitrogens is 8. The van der Waals surface area contributed by atoms with Crippen LogP contribution >= 0.6 is 11.3 Å². The van der Waals surface area contributed by atoms with Crippen LogP contribution in [-0.2, 0) is 4.74 Å². The number of fused-ring (bicyclic) bond motifs is 3. The molecule has 0 N–H and O–H groups in total. The molecule has 1 saturated heterocycles. The Kier molecular flexibility index (Phi) is 4.09. The van der Waals surface area contributed by atoms with Crippen LogP contribution in [0.1, 0.15) is 31.6 Å². The molecule has 1 unspecified atom stereocenters. The van der Waals surface area contributed by atoms with E-state index >= 15 is 0 Å². The minimum Gasteiger partial charge on any atom is -0.379 e. The van der Waals surface area contributed by atoms with Crippen LogP contribution in [0.5, 0.6) is 0 Å². The van der Waals surface area contributed by atoms with Gasteiger partial charge in [0.2, 0.25) is 5.95 Å². The van der Waals surface area contributed by atoms with Gasteiger partial charge in [0, 0.05) is 30.6 Å². The van der Waals surface area contributed by atoms with Crippen LogP contribution in [0.25, 0.3) is 22.5 Å². The van der Waals surface area contributed by atoms with E-state index < -0.39 is 0 Å². The van der Waals surface area contributed by atoms with Crippen molar-refractivity contribution < 1.29 is 4.74 Å². The summed E-state index contributed by atoms with van der Waals surface area (Å²) >= 11 is 1.54. The highest BCUT2D eigenvalue weighted by Gasteiger charge is 2.39. The summed E-state index contributed by atoms with van der Waals surface area (Å²) in [5, 5.41) is 11.3. The van der Waals surface area contributed by atoms with E-state index in [9.17, 15) is 0 Å². The quantitative estimate of drug-likeness (QED) is 0.495. The van der Waals surface area contributed by atoms with Crippen molar-refractivity contribution >= 4 is 17.2 Å². The van der Waals surface area contributed by atoms with Crippen LogP contribution in [0.3, 0.4) is 0 Å². The van der Waals surface area contributed by atoms with Gasteiger partial charge in [0.05, 0.1) is 24.9 Å². The molecule has 0 spiro atoms. The molecule has 6 rings (SSSR count). The molecule has 11 heteroatoms. The summed E-state index contributed by atoms with van der Waals surface area (Å²) < 4.78 is 9.58. The molecule has 2 atom stereocenters. The number of imidazole rings is 1. The standard InChI is InChI=1S/C19H19N9OS/c1-2-13-16-25-23-11-27(16)14-9-22-19(24-15(14)28(13)12-3-7-29-10-12)26-6-4-20-17(26)18-21-5-8-30-18/h4-6,8-9,11-13H,2-3,7,10H2,1H3/t12?,13-/m1/s1. The first-order chi connectivity index (χ1) is 14.8. The zero-order valence-electron chi connectivity index (χ0n) is 16.3. The van der Waals surface area contributed by atoms with Gasteiger partial charge in [0.15, 0.2) is 22.5 Å². The lowest BCUT2D eigenvalue weighted by Crippen LogP contribution is -2.43. The lowest BCUT2D eigenvalue weighted by Gasteiger charge is -2.40. The molecular formula is C19H19N9OS. The van der Waals surface area contributed by atoms with Crippen molar-refractivity contribution in [3.05, 3.63) is 42.3 Å². The van der Waals surface area contributed by atoms with E-state index in [4.69, 9.17) is 9.72 Å². The predicted octanol–water partition coefficient (Wildman–Crippen LogP) is 2.43. The summed E-state index contributed by atoms with van der Waals surface area (Å²) in [5.74, 6) is 3.08. The number of rotatable bonds is 4. The maximum Gasteiger partial charge on any atom is 0.237 e. The SMILES string of the molecule is CC[C@@H]1c2nncn2-c2cnc(-n3ccnc3-c3nccs3)nc2N1C1CCOC1. The second kappa shape index (κ2) is 6.96. The van der Waals surface area contributed by atoms with Gasteiger partial charge in [-0.05, 0) is 12.8 Å². The van der Waals surface area contributed by atoms with Gasteiger partial charge in [0.1, 0.15) is 12.0 Å². The van der Waals surface area contributed by atoms with Crippen molar-refractivity contribution in [1.29, 1.82) is 0 Å². The smallest absolute Gasteiger partial charge is 0.237 e. The molecule has 152 valence electrons. The van der Waals surface area contributed by atoms with Gasteiger partial charge >= 0.3 is 0 Å². The largest absolute Gasteiger partial charge is 0.379 e. The molecule has 6 heterocycles. The second-order valence-electron chi connectivity index (χ2n) is 7.24. The molecule has 0 aromatic carbocycles. The number of thiazole rings is 1. The van der Waals surface area contributed by atoms with Crippen LogP contribution in [0, 0.1) is 0 Å². The Bertz CT molecular complexity index is 1180. The van der Waals surface area contributed by atoms with Gasteiger partial charge in [-0.1, -0.05) is 6.92 Å². The number of ether oxygens (including phenoxy) is 1. The molecule has 1 fully saturated rings. The minimum atomic E-state index is 0.0793. The van der Waals surface area contributed by atoms with Gasteiger partial charge in [-0.15, -0.1) is 21.5 Å². The molecule has 0 aliphatic carbocycles. The van der Waals surface area contributed by atoms with Crippen molar-refractivity contribution in [3.63, 3.8) is 0 Å². The van der Waals surface area contributed by atoms with Crippen LogP contribution in [-0.4, -0.2) is 58.5 Å². The van der Waals surface area contributed by atoms with E-state index in [0.29, 0.717) is 12.6 Å². The van der Waals surface area contributed by atoms with Crippen LogP contribution in [0.15, 0.2) is 36.5 Å². The fourth-order valence-electron chi connectivity index (χ4n) is 4.27. The molecule has 30 heavy (non-hydrogen) atoms. The summed E-state index contributed by atoms with van der Waals surface area (Å²) in [4.78, 5) is 20.9. The molecule has 4 aromatic rings. The lowest BCUT2D eigenvalue weighted by atomic mass is 10.1. The fraction of sp³-hybridized carbons (Fsp3) is 0.368. The van der Waals surface area contributed by atoms with E-state index in [1.54, 1.807) is 18.7 Å². The Labute approximate surface area is 176 Å². The normalized spacial score (nSPS) is 20.4. The van der Waals surface area contributed by atoms with Crippen molar-refractivity contribution in [1.82, 2.24) is 39.3 Å². The van der Waals surface area contributed by atoms with Crippen molar-refractivity contribution in [2.75, 3.05) is 18.1 Å². The molecule has 2 aliphatic rings. The van der Waals surface area contributed by atoms with Crippen LogP contribution < -0.4 is 4.90 Å². The third-order valence-corrected chi connectivity index (χ3v) is 6.38. The predicted molar refractivity (Wildman–Crippen MR) is 110 cm³/mol. The topological polar surface area (TPSA) is 99.7 Å². The molecule has 2 aliphatic heterocycles. The Morgan fingerprint density at radius 2 is 2.17 bits per heavy atom. The van der Waals surface area contributed by atoms with Crippen LogP contribution in [0.2, 0.25) is 0 Å². The summed E-state index contributed by atoms with van der Waals surface area (Å²) in [5.41, 5.74) is 0.881. The van der Waals surface area contributed by atoms with E-state index in [1.165, 1.54) is 11.3 Å². The molecule has 4 aromatic heterocycles. The first kappa shape index (κ1) is 17.7. The van der Waals surface area contributed by atoms with Crippen LogP contribution in [0.4, 0.5) is 5.82 Å². The van der Waals surface area contributed by atoms with Gasteiger partial charge in [0.25, 0.3) is 0 Å². The second-order valence-corrected chi connectivity index (χ2v) is 8.14. The summed E-state index contributed by atoms with van der Waals surface area (Å²) in [7, 11) is 0. The lowest BCUT2D eigenvalue weighted by molar-refractivity contribution is 0.191. The Hall–Kier alpha value is -3.18. The zero-order chi connectivity index (χ0) is 20.1. The Morgan fingerprint density at radius 3 is 2.97 bits per heavy atom. The average molecular weight is 421 g/mol. The molecular weight excluding hydrogens is 402 g/mol. The number of anilines is 1. The monoisotopic (exact) mass is 421 g/mol. The third-order valence-electron chi connectivity index (χ3n) is 5.61. The summed E-state index contributed by atoms with van der Waals surface area (Å²) in [6.45, 7) is 3.60. The van der Waals surface area contributed by atoms with E-state index in [-0.39, 0.29) is 12.1 Å². The summed E-state index contributed by atoms with van der Waals surface area (Å²) in [6.07, 6.45) is 10.8. The van der Waals surface area contributed by atoms with Crippen molar-refractivity contribution in [2.45, 2.75) is 31.8 Å². The maximum absolute atomic E-state index is 5.71. The molecule has 0 amide bonds. The van der Waals surface area contributed by atoms with E-state index in [1.807, 2.05) is 26.9 Å². The average Bonchev–Trinajstić information content (AvgIpc) is 3.57. The zero-order valence-corrected chi connectivity index (χ0v) is 17.1. The molecule has 10 nitrogen and oxygen atoms in total. The van der Waals surface area contributed by atoms with Gasteiger partial charge in [-0.25, -0.2) is 15.0 Å². The fourth-order valence-corrected chi connectivity index (χ4v) is 4.90. The van der Waals surface area contributed by atoms with E-state index in [2.05, 4.69) is 37.0 Å². The van der Waals surface area contributed by atoms with Gasteiger partial charge < -0.3 is 9.64 Å². The van der Waals surface area contributed by atoms with Gasteiger partial charge in [-0.3, -0.25) is 9.13 Å². The number of nitrogens with zero attached hydrogens (tertiary/aromatic N) is 9. The highest BCUT2D eigenvalue weighted by molar-refractivity contribution is 7.13. The highest BCUT2D eigenvalue weighted by atomic mass is 32.1. The Morgan fingerprint density at radius 1 is 1.20 bits per heavy atom. The first-order valence-corrected chi connectivity index (χ1v) is 10.8. The highest BCUT2D eigenvalue weighted by Crippen LogP contribution is 2.40. The van der Waals surface area contributed by atoms with Crippen molar-refractivity contribution in [2.24, 2.45) is 0 Å². The molecule has 0 radical (unpaired) electrons. The first-order valence-electron chi connectivity index (χ1n) is 9.92. The maximum atomic E-state index is 5.71. The number of hydrogen-bond donors (Lipinski definition) is 0. The number of hydrogen-bond acceptors (Lipinski definition) is 9. The molecule has 0 bridgehead atoms. The summed E-state index contributed by atoms with van der Waals surface area (Å²) in [6, 6.07) is 0.318. The Balaban J connectivity index is 1.52. The van der Waals surface area contributed by atoms with E-state index in [0.717, 1.165) is 47.6 Å². The van der Waals surface area contributed by atoms with Gasteiger partial charge in [-0.2, -0.15) is 4.98 Å². The van der Waals surface area contributed by atoms with Crippen molar-refractivity contribution in [3.8, 4) is 22.5 Å². The molecule has 0 saturated carbocycles. The third kappa shape index (κ3) is 2.58. The minimum absolute atomic E-state index is 0.0793.